The number of phosphoric acid groups is 1. The molecule has 0 amide bonds. The van der Waals surface area contributed by atoms with Crippen LogP contribution in [0.25, 0.3) is 0 Å². The van der Waals surface area contributed by atoms with E-state index in [0.29, 0.717) is 12.8 Å². The van der Waals surface area contributed by atoms with E-state index in [1.54, 1.807) is 0 Å². The summed E-state index contributed by atoms with van der Waals surface area (Å²) in [5.41, 5.74) is 0. The molecule has 8 nitrogen and oxygen atoms in total. The minimum absolute atomic E-state index is 0.206. The SMILES string of the molecule is CCCCC/C=C\C/C=C\C/C=C\C/C=C\CCCCCC(=O)OC[C@H](COP(=O)(O)O)OC(=O)CCCCCCCCCCCCCCCC. The van der Waals surface area contributed by atoms with Gasteiger partial charge >= 0.3 is 19.8 Å². The van der Waals surface area contributed by atoms with Crippen molar-refractivity contribution in [3.05, 3.63) is 48.6 Å². The van der Waals surface area contributed by atoms with Gasteiger partial charge in [-0.1, -0.05) is 165 Å². The summed E-state index contributed by atoms with van der Waals surface area (Å²) in [6.45, 7) is 3.63. The number of allylic oxidation sites excluding steroid dienone is 8. The van der Waals surface area contributed by atoms with Crippen molar-refractivity contribution in [3.8, 4) is 0 Å². The van der Waals surface area contributed by atoms with Crippen molar-refractivity contribution in [3.63, 3.8) is 0 Å². The normalized spacial score (nSPS) is 12.9. The Balaban J connectivity index is 3.99. The maximum atomic E-state index is 12.4. The molecule has 0 spiro atoms. The van der Waals surface area contributed by atoms with Gasteiger partial charge in [-0.05, 0) is 57.8 Å². The Hall–Kier alpha value is -1.99. The molecule has 1 atom stereocenters. The molecule has 0 aliphatic heterocycles. The Morgan fingerprint density at radius 3 is 1.35 bits per heavy atom. The molecule has 0 aromatic carbocycles. The third-order valence-corrected chi connectivity index (χ3v) is 9.09. The average molecular weight is 739 g/mol. The highest BCUT2D eigenvalue weighted by Gasteiger charge is 2.22. The highest BCUT2D eigenvalue weighted by atomic mass is 31.2. The summed E-state index contributed by atoms with van der Waals surface area (Å²) in [6.07, 6.45) is 45.4. The summed E-state index contributed by atoms with van der Waals surface area (Å²) in [6, 6.07) is 0. The minimum Gasteiger partial charge on any atom is -0.462 e. The lowest BCUT2D eigenvalue weighted by atomic mass is 10.0. The van der Waals surface area contributed by atoms with Crippen LogP contribution in [0.5, 0.6) is 0 Å². The van der Waals surface area contributed by atoms with Gasteiger partial charge in [-0.2, -0.15) is 0 Å². The maximum Gasteiger partial charge on any atom is 0.469 e. The van der Waals surface area contributed by atoms with Crippen LogP contribution in [0.4, 0.5) is 0 Å². The molecular formula is C42H75O8P. The van der Waals surface area contributed by atoms with Crippen LogP contribution in [-0.2, 0) is 28.2 Å². The fourth-order valence-corrected chi connectivity index (χ4v) is 5.89. The van der Waals surface area contributed by atoms with E-state index in [4.69, 9.17) is 19.3 Å². The lowest BCUT2D eigenvalue weighted by Crippen LogP contribution is -2.29. The standard InChI is InChI=1S/C42H75O8P/c1-3-5-7-9-11-13-15-17-19-20-21-22-23-25-26-28-30-32-34-36-41(43)48-38-40(39-49-51(45,46)47)50-42(44)37-35-33-31-29-27-24-18-16-14-12-10-8-6-4-2/h11,13,17,19,21-22,25-26,40H,3-10,12,14-16,18,20,23-24,27-39H2,1-2H3,(H2,45,46,47)/b13-11-,19-17-,22-21-,26-25-/t40-/m1/s1. The molecular weight excluding hydrogens is 663 g/mol. The smallest absolute Gasteiger partial charge is 0.462 e. The second kappa shape index (κ2) is 37.8. The van der Waals surface area contributed by atoms with Gasteiger partial charge in [0.15, 0.2) is 6.10 Å². The molecule has 0 aromatic heterocycles. The van der Waals surface area contributed by atoms with E-state index >= 15 is 0 Å². The molecule has 2 N–H and O–H groups in total. The van der Waals surface area contributed by atoms with E-state index in [2.05, 4.69) is 67.0 Å². The van der Waals surface area contributed by atoms with E-state index in [1.807, 2.05) is 0 Å². The van der Waals surface area contributed by atoms with Crippen LogP contribution >= 0.6 is 7.82 Å². The molecule has 9 heteroatoms. The fourth-order valence-electron chi connectivity index (χ4n) is 5.53. The Labute approximate surface area is 312 Å². The van der Waals surface area contributed by atoms with Crippen molar-refractivity contribution in [1.82, 2.24) is 0 Å². The van der Waals surface area contributed by atoms with Gasteiger partial charge in [-0.25, -0.2) is 4.57 Å². The molecule has 0 aliphatic rings. The molecule has 0 bridgehead atoms. The largest absolute Gasteiger partial charge is 0.469 e. The van der Waals surface area contributed by atoms with Crippen molar-refractivity contribution in [2.75, 3.05) is 13.2 Å². The molecule has 0 saturated heterocycles. The second-order valence-corrected chi connectivity index (χ2v) is 14.9. The van der Waals surface area contributed by atoms with Crippen molar-refractivity contribution in [2.45, 2.75) is 193 Å². The molecule has 0 aromatic rings. The van der Waals surface area contributed by atoms with Gasteiger partial charge in [0, 0.05) is 12.8 Å². The molecule has 0 saturated carbocycles. The summed E-state index contributed by atoms with van der Waals surface area (Å²) in [7, 11) is -4.76. The van der Waals surface area contributed by atoms with E-state index in [1.165, 1.54) is 89.9 Å². The zero-order valence-electron chi connectivity index (χ0n) is 32.5. The predicted octanol–water partition coefficient (Wildman–Crippen LogP) is 12.3. The first-order chi connectivity index (χ1) is 24.8. The summed E-state index contributed by atoms with van der Waals surface area (Å²) in [5.74, 6) is -0.918. The number of hydrogen-bond acceptors (Lipinski definition) is 6. The lowest BCUT2D eigenvalue weighted by Gasteiger charge is -2.18. The van der Waals surface area contributed by atoms with Crippen LogP contribution in [-0.4, -0.2) is 41.0 Å². The summed E-state index contributed by atoms with van der Waals surface area (Å²) < 4.78 is 26.3. The number of esters is 2. The molecule has 296 valence electrons. The highest BCUT2D eigenvalue weighted by molar-refractivity contribution is 7.46. The van der Waals surface area contributed by atoms with Crippen molar-refractivity contribution < 1.29 is 37.9 Å². The van der Waals surface area contributed by atoms with Gasteiger partial charge in [-0.15, -0.1) is 0 Å². The lowest BCUT2D eigenvalue weighted by molar-refractivity contribution is -0.161. The monoisotopic (exact) mass is 739 g/mol. The van der Waals surface area contributed by atoms with Crippen LogP contribution in [0.2, 0.25) is 0 Å². The van der Waals surface area contributed by atoms with Gasteiger partial charge in [0.2, 0.25) is 0 Å². The van der Waals surface area contributed by atoms with Crippen molar-refractivity contribution in [1.29, 1.82) is 0 Å². The quantitative estimate of drug-likeness (QED) is 0.0280. The molecule has 0 rings (SSSR count). The zero-order chi connectivity index (χ0) is 37.5. The number of phosphoric ester groups is 1. The number of carbonyl (C=O) groups is 2. The average Bonchev–Trinajstić information content (AvgIpc) is 3.10. The van der Waals surface area contributed by atoms with Gasteiger partial charge in [0.05, 0.1) is 6.61 Å². The number of carbonyl (C=O) groups excluding carboxylic acids is 2. The third-order valence-electron chi connectivity index (χ3n) is 8.60. The maximum absolute atomic E-state index is 12.4. The van der Waals surface area contributed by atoms with E-state index in [0.717, 1.165) is 57.8 Å². The van der Waals surface area contributed by atoms with Crippen molar-refractivity contribution in [2.24, 2.45) is 0 Å². The van der Waals surface area contributed by atoms with E-state index in [-0.39, 0.29) is 19.4 Å². The number of unbranched alkanes of at least 4 members (excludes halogenated alkanes) is 19. The van der Waals surface area contributed by atoms with Gasteiger partial charge < -0.3 is 19.3 Å². The van der Waals surface area contributed by atoms with Crippen molar-refractivity contribution >= 4 is 19.8 Å². The first-order valence-electron chi connectivity index (χ1n) is 20.4. The number of ether oxygens (including phenoxy) is 2. The van der Waals surface area contributed by atoms with Crippen LogP contribution in [0, 0.1) is 0 Å². The fraction of sp³-hybridized carbons (Fsp3) is 0.762. The Morgan fingerprint density at radius 2 is 0.882 bits per heavy atom. The Kier molecular flexibility index (Phi) is 36.3. The van der Waals surface area contributed by atoms with Crippen LogP contribution in [0.3, 0.4) is 0 Å². The first-order valence-corrected chi connectivity index (χ1v) is 22.0. The minimum atomic E-state index is -4.76. The summed E-state index contributed by atoms with van der Waals surface area (Å²) in [5, 5.41) is 0. The summed E-state index contributed by atoms with van der Waals surface area (Å²) in [4.78, 5) is 42.8. The number of rotatable bonds is 37. The third kappa shape index (κ3) is 40.6. The van der Waals surface area contributed by atoms with Crippen LogP contribution < -0.4 is 0 Å². The first kappa shape index (κ1) is 49.0. The van der Waals surface area contributed by atoms with Gasteiger partial charge in [0.25, 0.3) is 0 Å². The summed E-state index contributed by atoms with van der Waals surface area (Å²) >= 11 is 0. The predicted molar refractivity (Wildman–Crippen MR) is 211 cm³/mol. The highest BCUT2D eigenvalue weighted by Crippen LogP contribution is 2.36. The van der Waals surface area contributed by atoms with Crippen LogP contribution in [0.1, 0.15) is 187 Å². The molecule has 0 fully saturated rings. The van der Waals surface area contributed by atoms with Crippen LogP contribution in [0.15, 0.2) is 48.6 Å². The Morgan fingerprint density at radius 1 is 0.510 bits per heavy atom. The molecule has 0 radical (unpaired) electrons. The molecule has 0 unspecified atom stereocenters. The van der Waals surface area contributed by atoms with E-state index in [9.17, 15) is 14.2 Å². The Bertz CT molecular complexity index is 968. The molecule has 51 heavy (non-hydrogen) atoms. The van der Waals surface area contributed by atoms with E-state index < -0.39 is 32.5 Å². The molecule has 0 aliphatic carbocycles. The van der Waals surface area contributed by atoms with Gasteiger partial charge in [0.1, 0.15) is 6.61 Å². The zero-order valence-corrected chi connectivity index (χ0v) is 33.4. The second-order valence-electron chi connectivity index (χ2n) is 13.6. The number of hydrogen-bond donors (Lipinski definition) is 2. The molecule has 0 heterocycles. The topological polar surface area (TPSA) is 119 Å². The van der Waals surface area contributed by atoms with Gasteiger partial charge in [-0.3, -0.25) is 14.1 Å².